The summed E-state index contributed by atoms with van der Waals surface area (Å²) in [6.45, 7) is 2.19. The quantitative estimate of drug-likeness (QED) is 0.903. The van der Waals surface area contributed by atoms with Gasteiger partial charge in [-0.2, -0.15) is 0 Å². The van der Waals surface area contributed by atoms with E-state index in [0.717, 1.165) is 11.6 Å². The highest BCUT2D eigenvalue weighted by molar-refractivity contribution is 7.89. The second-order valence-electron chi connectivity index (χ2n) is 5.44. The van der Waals surface area contributed by atoms with Crippen LogP contribution in [-0.2, 0) is 10.0 Å². The topological polar surface area (TPSA) is 49.4 Å². The summed E-state index contributed by atoms with van der Waals surface area (Å²) in [6.07, 6.45) is 3.92. The van der Waals surface area contributed by atoms with Crippen LogP contribution < -0.4 is 5.32 Å². The molecule has 1 fully saturated rings. The third kappa shape index (κ3) is 3.09. The van der Waals surface area contributed by atoms with Gasteiger partial charge >= 0.3 is 0 Å². The first kappa shape index (κ1) is 14.3. The average Bonchev–Trinajstić information content (AvgIpc) is 2.27. The van der Waals surface area contributed by atoms with Gasteiger partial charge in [-0.25, -0.2) is 12.7 Å². The molecule has 2 rings (SSSR count). The van der Waals surface area contributed by atoms with Crippen LogP contribution in [0.4, 0.5) is 5.69 Å². The first-order chi connectivity index (χ1) is 8.91. The van der Waals surface area contributed by atoms with Gasteiger partial charge in [0.05, 0.1) is 4.90 Å². The van der Waals surface area contributed by atoms with Crippen molar-refractivity contribution in [2.75, 3.05) is 19.4 Å². The van der Waals surface area contributed by atoms with Crippen LogP contribution >= 0.6 is 0 Å². The number of anilines is 1. The van der Waals surface area contributed by atoms with Gasteiger partial charge in [-0.3, -0.25) is 0 Å². The predicted molar refractivity (Wildman–Crippen MR) is 77.7 cm³/mol. The van der Waals surface area contributed by atoms with Crippen LogP contribution in [0.2, 0.25) is 0 Å². The zero-order chi connectivity index (χ0) is 14.0. The SMILES string of the molecule is CC(Nc1ccc(S(=O)(=O)N(C)C)cc1)C1CCC1. The molecule has 4 nitrogen and oxygen atoms in total. The second kappa shape index (κ2) is 5.51. The highest BCUT2D eigenvalue weighted by Gasteiger charge is 2.23. The van der Waals surface area contributed by atoms with Crippen LogP contribution in [0.1, 0.15) is 26.2 Å². The maximum Gasteiger partial charge on any atom is 0.242 e. The van der Waals surface area contributed by atoms with Gasteiger partial charge in [0.1, 0.15) is 0 Å². The molecule has 0 spiro atoms. The van der Waals surface area contributed by atoms with E-state index in [0.29, 0.717) is 10.9 Å². The Morgan fingerprint density at radius 1 is 1.21 bits per heavy atom. The van der Waals surface area contributed by atoms with Gasteiger partial charge in [-0.15, -0.1) is 0 Å². The fourth-order valence-corrected chi connectivity index (χ4v) is 3.16. The van der Waals surface area contributed by atoms with Crippen LogP contribution in [0.3, 0.4) is 0 Å². The highest BCUT2D eigenvalue weighted by atomic mass is 32.2. The van der Waals surface area contributed by atoms with E-state index in [9.17, 15) is 8.42 Å². The van der Waals surface area contributed by atoms with Crippen molar-refractivity contribution in [3.8, 4) is 0 Å². The number of hydrogen-bond donors (Lipinski definition) is 1. The molecule has 0 aliphatic heterocycles. The Kier molecular flexibility index (Phi) is 4.16. The van der Waals surface area contributed by atoms with E-state index in [1.807, 2.05) is 12.1 Å². The maximum atomic E-state index is 11.9. The standard InChI is InChI=1S/C14H22N2O2S/c1-11(12-5-4-6-12)15-13-7-9-14(10-8-13)19(17,18)16(2)3/h7-12,15H,4-6H2,1-3H3. The molecule has 1 aromatic rings. The van der Waals surface area contributed by atoms with E-state index in [4.69, 9.17) is 0 Å². The molecule has 1 aromatic carbocycles. The molecule has 1 N–H and O–H groups in total. The molecule has 1 unspecified atom stereocenters. The van der Waals surface area contributed by atoms with Crippen molar-refractivity contribution in [1.29, 1.82) is 0 Å². The Labute approximate surface area is 115 Å². The van der Waals surface area contributed by atoms with E-state index < -0.39 is 10.0 Å². The summed E-state index contributed by atoms with van der Waals surface area (Å²) in [5.41, 5.74) is 0.983. The molecular formula is C14H22N2O2S. The van der Waals surface area contributed by atoms with Gasteiger partial charge in [-0.1, -0.05) is 6.42 Å². The van der Waals surface area contributed by atoms with E-state index in [2.05, 4.69) is 12.2 Å². The molecule has 0 saturated heterocycles. The number of nitrogens with one attached hydrogen (secondary N) is 1. The predicted octanol–water partition coefficient (Wildman–Crippen LogP) is 2.54. The van der Waals surface area contributed by atoms with Crippen molar-refractivity contribution in [3.05, 3.63) is 24.3 Å². The number of sulfonamides is 1. The molecule has 5 heteroatoms. The molecule has 19 heavy (non-hydrogen) atoms. The molecule has 0 amide bonds. The van der Waals surface area contributed by atoms with Crippen molar-refractivity contribution >= 4 is 15.7 Å². The van der Waals surface area contributed by atoms with Gasteiger partial charge in [-0.05, 0) is 49.9 Å². The van der Waals surface area contributed by atoms with E-state index in [1.54, 1.807) is 26.2 Å². The van der Waals surface area contributed by atoms with Gasteiger partial charge in [0.2, 0.25) is 10.0 Å². The van der Waals surface area contributed by atoms with Crippen molar-refractivity contribution in [2.24, 2.45) is 5.92 Å². The summed E-state index contributed by atoms with van der Waals surface area (Å²) in [5, 5.41) is 3.44. The number of hydrogen-bond acceptors (Lipinski definition) is 3. The monoisotopic (exact) mass is 282 g/mol. The average molecular weight is 282 g/mol. The molecule has 0 heterocycles. The molecular weight excluding hydrogens is 260 g/mol. The minimum absolute atomic E-state index is 0.333. The summed E-state index contributed by atoms with van der Waals surface area (Å²) in [4.78, 5) is 0.333. The minimum Gasteiger partial charge on any atom is -0.382 e. The Hall–Kier alpha value is -1.07. The third-order valence-electron chi connectivity index (χ3n) is 3.88. The Bertz CT molecular complexity index is 519. The molecule has 0 bridgehead atoms. The highest BCUT2D eigenvalue weighted by Crippen LogP contribution is 2.31. The molecule has 1 atom stereocenters. The zero-order valence-corrected chi connectivity index (χ0v) is 12.6. The van der Waals surface area contributed by atoms with Crippen LogP contribution in [0, 0.1) is 5.92 Å². The van der Waals surface area contributed by atoms with Crippen LogP contribution in [0.15, 0.2) is 29.2 Å². The van der Waals surface area contributed by atoms with E-state index in [-0.39, 0.29) is 0 Å². The van der Waals surface area contributed by atoms with Gasteiger partial charge in [0, 0.05) is 25.8 Å². The van der Waals surface area contributed by atoms with Crippen molar-refractivity contribution in [1.82, 2.24) is 4.31 Å². The summed E-state index contributed by atoms with van der Waals surface area (Å²) < 4.78 is 25.1. The van der Waals surface area contributed by atoms with Crippen LogP contribution in [-0.4, -0.2) is 32.9 Å². The molecule has 0 aromatic heterocycles. The van der Waals surface area contributed by atoms with Crippen molar-refractivity contribution in [2.45, 2.75) is 37.1 Å². The molecule has 1 aliphatic rings. The van der Waals surface area contributed by atoms with Gasteiger partial charge in [0.25, 0.3) is 0 Å². The Balaban J connectivity index is 2.06. The minimum atomic E-state index is -3.33. The van der Waals surface area contributed by atoms with Crippen molar-refractivity contribution < 1.29 is 8.42 Å². The summed E-state index contributed by atoms with van der Waals surface area (Å²) >= 11 is 0. The lowest BCUT2D eigenvalue weighted by molar-refractivity contribution is 0.285. The number of nitrogens with zero attached hydrogens (tertiary/aromatic N) is 1. The fourth-order valence-electron chi connectivity index (χ4n) is 2.25. The molecule has 0 radical (unpaired) electrons. The summed E-state index contributed by atoms with van der Waals surface area (Å²) in [5.74, 6) is 0.755. The lowest BCUT2D eigenvalue weighted by Crippen LogP contribution is -2.30. The smallest absolute Gasteiger partial charge is 0.242 e. The Morgan fingerprint density at radius 2 is 1.79 bits per heavy atom. The lowest BCUT2D eigenvalue weighted by atomic mass is 9.80. The van der Waals surface area contributed by atoms with Crippen LogP contribution in [0.5, 0.6) is 0 Å². The molecule has 1 aliphatic carbocycles. The molecule has 106 valence electrons. The molecule has 1 saturated carbocycles. The number of rotatable bonds is 5. The van der Waals surface area contributed by atoms with Crippen LogP contribution in [0.25, 0.3) is 0 Å². The van der Waals surface area contributed by atoms with Gasteiger partial charge < -0.3 is 5.32 Å². The fraction of sp³-hybridized carbons (Fsp3) is 0.571. The summed E-state index contributed by atoms with van der Waals surface area (Å²) in [6, 6.07) is 7.44. The maximum absolute atomic E-state index is 11.9. The Morgan fingerprint density at radius 3 is 2.21 bits per heavy atom. The van der Waals surface area contributed by atoms with Crippen molar-refractivity contribution in [3.63, 3.8) is 0 Å². The van der Waals surface area contributed by atoms with Gasteiger partial charge in [0.15, 0.2) is 0 Å². The first-order valence-corrected chi connectivity index (χ1v) is 8.14. The third-order valence-corrected chi connectivity index (χ3v) is 5.71. The lowest BCUT2D eigenvalue weighted by Gasteiger charge is -2.32. The van der Waals surface area contributed by atoms with E-state index in [1.165, 1.54) is 23.6 Å². The van der Waals surface area contributed by atoms with E-state index >= 15 is 0 Å². The number of benzene rings is 1. The zero-order valence-electron chi connectivity index (χ0n) is 11.8. The largest absolute Gasteiger partial charge is 0.382 e. The second-order valence-corrected chi connectivity index (χ2v) is 7.59. The normalized spacial score (nSPS) is 18.1. The first-order valence-electron chi connectivity index (χ1n) is 6.70. The summed E-state index contributed by atoms with van der Waals surface area (Å²) in [7, 11) is -0.243.